The van der Waals surface area contributed by atoms with Gasteiger partial charge in [0.2, 0.25) is 0 Å². The number of nitrogens with one attached hydrogen (secondary N) is 1. The van der Waals surface area contributed by atoms with E-state index in [1.807, 2.05) is 36.6 Å². The summed E-state index contributed by atoms with van der Waals surface area (Å²) in [6.07, 6.45) is 3.82. The van der Waals surface area contributed by atoms with Crippen molar-refractivity contribution in [2.75, 3.05) is 14.1 Å². The van der Waals surface area contributed by atoms with Gasteiger partial charge in [0, 0.05) is 26.5 Å². The highest BCUT2D eigenvalue weighted by Gasteiger charge is 2.01. The van der Waals surface area contributed by atoms with Gasteiger partial charge in [-0.1, -0.05) is 0 Å². The third kappa shape index (κ3) is 0.667. The van der Waals surface area contributed by atoms with Crippen LogP contribution < -0.4 is 5.43 Å². The first-order valence-corrected chi connectivity index (χ1v) is 2.20. The topological polar surface area (TPSA) is 18.5 Å². The molecular formula is C4H9N3. The first-order valence-electron chi connectivity index (χ1n) is 2.20. The van der Waals surface area contributed by atoms with Crippen molar-refractivity contribution < 1.29 is 0 Å². The van der Waals surface area contributed by atoms with E-state index < -0.39 is 0 Å². The molecule has 0 spiro atoms. The summed E-state index contributed by atoms with van der Waals surface area (Å²) in [6.45, 7) is 0. The molecule has 1 rings (SSSR count). The Hall–Kier alpha value is -0.700. The minimum Gasteiger partial charge on any atom is -0.307 e. The van der Waals surface area contributed by atoms with Crippen LogP contribution in [0.3, 0.4) is 0 Å². The van der Waals surface area contributed by atoms with Gasteiger partial charge in [-0.15, -0.1) is 5.12 Å². The van der Waals surface area contributed by atoms with Gasteiger partial charge in [-0.3, -0.25) is 5.01 Å². The molecule has 0 aliphatic carbocycles. The molecule has 1 aliphatic heterocycles. The van der Waals surface area contributed by atoms with Gasteiger partial charge in [0.1, 0.15) is 0 Å². The molecule has 1 N–H and O–H groups in total. The van der Waals surface area contributed by atoms with Crippen molar-refractivity contribution in [3.8, 4) is 0 Å². The summed E-state index contributed by atoms with van der Waals surface area (Å²) >= 11 is 0. The Morgan fingerprint density at radius 3 is 2.29 bits per heavy atom. The maximum atomic E-state index is 2.95. The molecule has 0 unspecified atom stereocenters. The van der Waals surface area contributed by atoms with Crippen molar-refractivity contribution in [3.63, 3.8) is 0 Å². The molecule has 0 fully saturated rings. The van der Waals surface area contributed by atoms with Crippen LogP contribution in [0, 0.1) is 0 Å². The van der Waals surface area contributed by atoms with Crippen molar-refractivity contribution in [1.82, 2.24) is 15.6 Å². The summed E-state index contributed by atoms with van der Waals surface area (Å²) < 4.78 is 0. The fraction of sp³-hybridized carbons (Fsp3) is 0.500. The molecule has 0 aromatic rings. The van der Waals surface area contributed by atoms with Gasteiger partial charge in [-0.25, -0.2) is 0 Å². The zero-order chi connectivity index (χ0) is 5.28. The Morgan fingerprint density at radius 1 is 1.43 bits per heavy atom. The Labute approximate surface area is 43.1 Å². The fourth-order valence-electron chi connectivity index (χ4n) is 0.440. The molecule has 3 nitrogen and oxygen atoms in total. The first kappa shape index (κ1) is 4.46. The molecule has 0 aromatic heterocycles. The van der Waals surface area contributed by atoms with E-state index in [0.29, 0.717) is 0 Å². The second kappa shape index (κ2) is 1.42. The van der Waals surface area contributed by atoms with Crippen LogP contribution in [0.4, 0.5) is 0 Å². The highest BCUT2D eigenvalue weighted by molar-refractivity contribution is 4.80. The Morgan fingerprint density at radius 2 is 2.14 bits per heavy atom. The third-order valence-electron chi connectivity index (χ3n) is 1.02. The molecule has 3 heteroatoms. The van der Waals surface area contributed by atoms with Gasteiger partial charge in [0.15, 0.2) is 0 Å². The van der Waals surface area contributed by atoms with E-state index in [0.717, 1.165) is 0 Å². The molecule has 0 bridgehead atoms. The summed E-state index contributed by atoms with van der Waals surface area (Å²) in [7, 11) is 3.91. The molecule has 7 heavy (non-hydrogen) atoms. The highest BCUT2D eigenvalue weighted by atomic mass is 15.8. The average Bonchev–Trinajstić information content (AvgIpc) is 1.91. The second-order valence-electron chi connectivity index (χ2n) is 1.54. The average molecular weight is 99.1 g/mol. The van der Waals surface area contributed by atoms with Crippen molar-refractivity contribution in [2.24, 2.45) is 0 Å². The van der Waals surface area contributed by atoms with Crippen LogP contribution in [-0.4, -0.2) is 24.2 Å². The second-order valence-corrected chi connectivity index (χ2v) is 1.54. The van der Waals surface area contributed by atoms with Gasteiger partial charge >= 0.3 is 0 Å². The van der Waals surface area contributed by atoms with E-state index in [9.17, 15) is 0 Å². The van der Waals surface area contributed by atoms with Gasteiger partial charge < -0.3 is 5.43 Å². The largest absolute Gasteiger partial charge is 0.307 e. The van der Waals surface area contributed by atoms with E-state index in [2.05, 4.69) is 5.43 Å². The van der Waals surface area contributed by atoms with Gasteiger partial charge in [0.05, 0.1) is 0 Å². The summed E-state index contributed by atoms with van der Waals surface area (Å²) in [5.41, 5.74) is 2.95. The Balaban J connectivity index is 2.45. The SMILES string of the molecule is CN1C=CNN1C. The maximum absolute atomic E-state index is 2.95. The lowest BCUT2D eigenvalue weighted by molar-refractivity contribution is 0.0652. The van der Waals surface area contributed by atoms with E-state index in [1.165, 1.54) is 0 Å². The summed E-state index contributed by atoms with van der Waals surface area (Å²) in [4.78, 5) is 0. The number of hydrazine groups is 2. The van der Waals surface area contributed by atoms with Gasteiger partial charge in [-0.05, 0) is 0 Å². The maximum Gasteiger partial charge on any atom is 0.0346 e. The summed E-state index contributed by atoms with van der Waals surface area (Å²) in [5, 5.41) is 3.82. The summed E-state index contributed by atoms with van der Waals surface area (Å²) in [6, 6.07) is 0. The van der Waals surface area contributed by atoms with Crippen LogP contribution in [0.2, 0.25) is 0 Å². The summed E-state index contributed by atoms with van der Waals surface area (Å²) in [5.74, 6) is 0. The predicted molar refractivity (Wildman–Crippen MR) is 27.8 cm³/mol. The molecule has 0 atom stereocenters. The first-order chi connectivity index (χ1) is 3.30. The highest BCUT2D eigenvalue weighted by Crippen LogP contribution is 1.92. The lowest BCUT2D eigenvalue weighted by Gasteiger charge is -2.18. The number of nitrogens with zero attached hydrogens (tertiary/aromatic N) is 2. The molecule has 1 heterocycles. The normalized spacial score (nSPS) is 20.6. The lowest BCUT2D eigenvalue weighted by atomic mass is 10.9. The Bertz CT molecular complexity index is 88.9. The zero-order valence-electron chi connectivity index (χ0n) is 4.55. The van der Waals surface area contributed by atoms with Crippen LogP contribution in [-0.2, 0) is 0 Å². The fourth-order valence-corrected chi connectivity index (χ4v) is 0.440. The quantitative estimate of drug-likeness (QED) is 0.452. The predicted octanol–water partition coefficient (Wildman–Crippen LogP) is -0.246. The molecule has 0 radical (unpaired) electrons. The van der Waals surface area contributed by atoms with E-state index in [-0.39, 0.29) is 0 Å². The molecule has 0 aromatic carbocycles. The third-order valence-corrected chi connectivity index (χ3v) is 1.02. The zero-order valence-corrected chi connectivity index (χ0v) is 4.55. The number of hydrogen-bond donors (Lipinski definition) is 1. The Kier molecular flexibility index (Phi) is 0.906. The van der Waals surface area contributed by atoms with Crippen molar-refractivity contribution in [3.05, 3.63) is 12.4 Å². The molecule has 0 saturated carbocycles. The van der Waals surface area contributed by atoms with E-state index in [1.54, 1.807) is 0 Å². The van der Waals surface area contributed by atoms with Crippen LogP contribution in [0.25, 0.3) is 0 Å². The standard InChI is InChI=1S/C4H9N3/c1-6-4-3-5-7(6)2/h3-5H,1-2H3. The smallest absolute Gasteiger partial charge is 0.0346 e. The monoisotopic (exact) mass is 99.1 g/mol. The molecule has 0 amide bonds. The van der Waals surface area contributed by atoms with Crippen molar-refractivity contribution >= 4 is 0 Å². The van der Waals surface area contributed by atoms with Gasteiger partial charge in [0.25, 0.3) is 0 Å². The molecule has 0 saturated heterocycles. The minimum atomic E-state index is 1.88. The van der Waals surface area contributed by atoms with Crippen LogP contribution in [0.15, 0.2) is 12.4 Å². The molecule has 40 valence electrons. The van der Waals surface area contributed by atoms with Crippen LogP contribution in [0.1, 0.15) is 0 Å². The number of rotatable bonds is 0. The van der Waals surface area contributed by atoms with E-state index >= 15 is 0 Å². The van der Waals surface area contributed by atoms with Crippen molar-refractivity contribution in [2.45, 2.75) is 0 Å². The van der Waals surface area contributed by atoms with E-state index in [4.69, 9.17) is 0 Å². The van der Waals surface area contributed by atoms with Gasteiger partial charge in [-0.2, -0.15) is 0 Å². The molecular weight excluding hydrogens is 90.1 g/mol. The van der Waals surface area contributed by atoms with Crippen LogP contribution >= 0.6 is 0 Å². The van der Waals surface area contributed by atoms with Crippen LogP contribution in [0.5, 0.6) is 0 Å². The minimum absolute atomic E-state index is 1.88. The lowest BCUT2D eigenvalue weighted by Crippen LogP contribution is -2.34. The molecule has 1 aliphatic rings. The number of hydrogen-bond acceptors (Lipinski definition) is 3. The van der Waals surface area contributed by atoms with Crippen molar-refractivity contribution in [1.29, 1.82) is 0 Å².